The molecule has 23 heavy (non-hydrogen) atoms. The van der Waals surface area contributed by atoms with Crippen molar-refractivity contribution in [2.75, 3.05) is 39.6 Å². The summed E-state index contributed by atoms with van der Waals surface area (Å²) in [5, 5.41) is 9.55. The van der Waals surface area contributed by atoms with Crippen molar-refractivity contribution < 1.29 is 33.6 Å². The fraction of sp³-hybridized carbons (Fsp3) is 0.875. The van der Waals surface area contributed by atoms with Gasteiger partial charge in [-0.25, -0.2) is 4.79 Å². The first-order chi connectivity index (χ1) is 11.1. The molecule has 0 aliphatic rings. The van der Waals surface area contributed by atoms with Gasteiger partial charge in [0.2, 0.25) is 0 Å². The largest absolute Gasteiger partial charge is 0.463 e. The molecule has 0 aliphatic heterocycles. The summed E-state index contributed by atoms with van der Waals surface area (Å²) in [6, 6.07) is 0. The highest BCUT2D eigenvalue weighted by atomic mass is 16.6. The number of ether oxygens (including phenoxy) is 4. The van der Waals surface area contributed by atoms with Gasteiger partial charge in [0, 0.05) is 13.2 Å². The molecule has 0 spiro atoms. The molecule has 0 aromatic heterocycles. The quantitative estimate of drug-likeness (QED) is 0.358. The van der Waals surface area contributed by atoms with Crippen LogP contribution in [-0.4, -0.2) is 62.8 Å². The number of carbonyl (C=O) groups excluding carboxylic acids is 2. The van der Waals surface area contributed by atoms with Crippen molar-refractivity contribution in [3.8, 4) is 0 Å². The molecule has 0 saturated carbocycles. The molecule has 0 saturated heterocycles. The summed E-state index contributed by atoms with van der Waals surface area (Å²) in [4.78, 5) is 22.9. The topological polar surface area (TPSA) is 91.3 Å². The lowest BCUT2D eigenvalue weighted by molar-refractivity contribution is -0.161. The van der Waals surface area contributed by atoms with Crippen molar-refractivity contribution in [1.29, 1.82) is 0 Å². The lowest BCUT2D eigenvalue weighted by Gasteiger charge is -2.11. The van der Waals surface area contributed by atoms with E-state index in [1.54, 1.807) is 0 Å². The molecular weight excluding hydrogens is 304 g/mol. The number of hydrogen-bond donors (Lipinski definition) is 1. The van der Waals surface area contributed by atoms with Crippen molar-refractivity contribution in [2.45, 2.75) is 52.1 Å². The second-order valence-corrected chi connectivity index (χ2v) is 5.04. The van der Waals surface area contributed by atoms with Gasteiger partial charge in [0.15, 0.2) is 6.10 Å². The predicted molar refractivity (Wildman–Crippen MR) is 84.0 cm³/mol. The molecule has 0 fully saturated rings. The number of unbranched alkanes of at least 4 members (excludes halogenated alkanes) is 2. The van der Waals surface area contributed by atoms with E-state index in [4.69, 9.17) is 18.9 Å². The number of carbonyl (C=O) groups is 2. The lowest BCUT2D eigenvalue weighted by atomic mass is 10.2. The first-order valence-electron chi connectivity index (χ1n) is 8.27. The summed E-state index contributed by atoms with van der Waals surface area (Å²) in [7, 11) is 0. The Bertz CT molecular complexity index is 307. The van der Waals surface area contributed by atoms with Crippen LogP contribution in [-0.2, 0) is 28.5 Å². The van der Waals surface area contributed by atoms with E-state index < -0.39 is 24.5 Å². The summed E-state index contributed by atoms with van der Waals surface area (Å²) < 4.78 is 20.1. The van der Waals surface area contributed by atoms with Crippen LogP contribution in [0.2, 0.25) is 0 Å². The van der Waals surface area contributed by atoms with Gasteiger partial charge in [-0.1, -0.05) is 26.7 Å². The molecular formula is C16H30O7. The average molecular weight is 334 g/mol. The molecule has 1 unspecified atom stereocenters. The van der Waals surface area contributed by atoms with Gasteiger partial charge < -0.3 is 24.1 Å². The minimum absolute atomic E-state index is 0.0555. The van der Waals surface area contributed by atoms with Gasteiger partial charge in [0.1, 0.15) is 13.2 Å². The second-order valence-electron chi connectivity index (χ2n) is 5.04. The Balaban J connectivity index is 3.59. The van der Waals surface area contributed by atoms with Crippen molar-refractivity contribution >= 4 is 11.9 Å². The van der Waals surface area contributed by atoms with Crippen LogP contribution in [0.15, 0.2) is 0 Å². The van der Waals surface area contributed by atoms with Gasteiger partial charge >= 0.3 is 11.9 Å². The van der Waals surface area contributed by atoms with E-state index in [9.17, 15) is 14.7 Å². The molecule has 0 aromatic carbocycles. The summed E-state index contributed by atoms with van der Waals surface area (Å²) >= 11 is 0. The van der Waals surface area contributed by atoms with Crippen LogP contribution >= 0.6 is 0 Å². The maximum atomic E-state index is 11.5. The molecule has 0 aromatic rings. The van der Waals surface area contributed by atoms with Gasteiger partial charge in [-0.3, -0.25) is 4.79 Å². The van der Waals surface area contributed by atoms with E-state index >= 15 is 0 Å². The standard InChI is InChI=1S/C16H30O7/c1-3-5-7-20-9-11-22-15(18)13-14(17)16(19)23-12-10-21-8-6-4-2/h14,17H,3-13H2,1-2H3. The molecule has 0 amide bonds. The Hall–Kier alpha value is -1.18. The summed E-state index contributed by atoms with van der Waals surface area (Å²) in [6.07, 6.45) is 2.04. The van der Waals surface area contributed by atoms with E-state index in [1.165, 1.54) is 0 Å². The van der Waals surface area contributed by atoms with E-state index in [-0.39, 0.29) is 19.8 Å². The number of aliphatic hydroxyl groups is 1. The first kappa shape index (κ1) is 21.8. The monoisotopic (exact) mass is 334 g/mol. The second kappa shape index (κ2) is 15.7. The van der Waals surface area contributed by atoms with Crippen LogP contribution in [0, 0.1) is 0 Å². The SMILES string of the molecule is CCCCOCCOC(=O)CC(O)C(=O)OCCOCCCC. The maximum absolute atomic E-state index is 11.5. The fourth-order valence-corrected chi connectivity index (χ4v) is 1.51. The van der Waals surface area contributed by atoms with Gasteiger partial charge in [0.25, 0.3) is 0 Å². The van der Waals surface area contributed by atoms with Gasteiger partial charge in [0.05, 0.1) is 19.6 Å². The number of hydrogen-bond acceptors (Lipinski definition) is 7. The highest BCUT2D eigenvalue weighted by Gasteiger charge is 2.21. The van der Waals surface area contributed by atoms with Crippen LogP contribution < -0.4 is 0 Å². The first-order valence-corrected chi connectivity index (χ1v) is 8.27. The Kier molecular flexibility index (Phi) is 14.9. The predicted octanol–water partition coefficient (Wildman–Crippen LogP) is 1.46. The number of aliphatic hydroxyl groups excluding tert-OH is 1. The third-order valence-corrected chi connectivity index (χ3v) is 2.88. The zero-order valence-electron chi connectivity index (χ0n) is 14.3. The smallest absolute Gasteiger partial charge is 0.335 e. The van der Waals surface area contributed by atoms with Gasteiger partial charge in [-0.2, -0.15) is 0 Å². The summed E-state index contributed by atoms with van der Waals surface area (Å²) in [6.45, 7) is 6.10. The molecule has 7 heteroatoms. The van der Waals surface area contributed by atoms with Crippen molar-refractivity contribution in [2.24, 2.45) is 0 Å². The molecule has 0 bridgehead atoms. The zero-order valence-corrected chi connectivity index (χ0v) is 14.3. The van der Waals surface area contributed by atoms with Crippen LogP contribution in [0.5, 0.6) is 0 Å². The van der Waals surface area contributed by atoms with Crippen LogP contribution in [0.25, 0.3) is 0 Å². The highest BCUT2D eigenvalue weighted by Crippen LogP contribution is 1.99. The van der Waals surface area contributed by atoms with Gasteiger partial charge in [-0.05, 0) is 12.8 Å². The van der Waals surface area contributed by atoms with Gasteiger partial charge in [-0.15, -0.1) is 0 Å². The third-order valence-electron chi connectivity index (χ3n) is 2.88. The molecule has 1 N–H and O–H groups in total. The van der Waals surface area contributed by atoms with E-state index in [2.05, 4.69) is 13.8 Å². The third kappa shape index (κ3) is 14.2. The van der Waals surface area contributed by atoms with Crippen molar-refractivity contribution in [1.82, 2.24) is 0 Å². The van der Waals surface area contributed by atoms with Crippen LogP contribution in [0.4, 0.5) is 0 Å². The molecule has 0 aliphatic carbocycles. The van der Waals surface area contributed by atoms with E-state index in [0.29, 0.717) is 19.8 Å². The molecule has 0 rings (SSSR count). The van der Waals surface area contributed by atoms with E-state index in [0.717, 1.165) is 25.7 Å². The van der Waals surface area contributed by atoms with Crippen LogP contribution in [0.3, 0.4) is 0 Å². The Morgan fingerprint density at radius 1 is 0.826 bits per heavy atom. The summed E-state index contributed by atoms with van der Waals surface area (Å²) in [5.74, 6) is -1.51. The number of esters is 2. The lowest BCUT2D eigenvalue weighted by Crippen LogP contribution is -2.28. The maximum Gasteiger partial charge on any atom is 0.335 e. The van der Waals surface area contributed by atoms with Crippen molar-refractivity contribution in [3.63, 3.8) is 0 Å². The van der Waals surface area contributed by atoms with Crippen LogP contribution in [0.1, 0.15) is 46.0 Å². The minimum atomic E-state index is -1.51. The Morgan fingerprint density at radius 2 is 1.35 bits per heavy atom. The molecule has 0 heterocycles. The van der Waals surface area contributed by atoms with Crippen molar-refractivity contribution in [3.05, 3.63) is 0 Å². The molecule has 7 nitrogen and oxygen atoms in total. The number of rotatable bonds is 15. The Labute approximate surface area is 138 Å². The Morgan fingerprint density at radius 3 is 1.87 bits per heavy atom. The van der Waals surface area contributed by atoms with E-state index in [1.807, 2.05) is 0 Å². The molecule has 0 radical (unpaired) electrons. The molecule has 136 valence electrons. The highest BCUT2D eigenvalue weighted by molar-refractivity contribution is 5.81. The summed E-state index contributed by atoms with van der Waals surface area (Å²) in [5.41, 5.74) is 0. The fourth-order valence-electron chi connectivity index (χ4n) is 1.51. The minimum Gasteiger partial charge on any atom is -0.463 e. The average Bonchev–Trinajstić information content (AvgIpc) is 2.53. The zero-order chi connectivity index (χ0) is 17.3. The molecule has 1 atom stereocenters. The normalized spacial score (nSPS) is 12.0.